The standard InChI is InChI=1S/C13H16N2O/c1-10-13(2,3)11-6-4-5-7-12(11)15(10)8-14-9-16/h4-7,9H,1,8H2,2-3H3,(H,14,16). The number of nitrogens with zero attached hydrogens (tertiary/aromatic N) is 1. The summed E-state index contributed by atoms with van der Waals surface area (Å²) in [6.45, 7) is 8.90. The van der Waals surface area contributed by atoms with Gasteiger partial charge in [-0.15, -0.1) is 0 Å². The highest BCUT2D eigenvalue weighted by Crippen LogP contribution is 2.46. The SMILES string of the molecule is C=C1N(CNC=O)c2ccccc2C1(C)C. The van der Waals surface area contributed by atoms with Crippen LogP contribution in [0.15, 0.2) is 36.5 Å². The van der Waals surface area contributed by atoms with Gasteiger partial charge < -0.3 is 10.2 Å². The summed E-state index contributed by atoms with van der Waals surface area (Å²) in [7, 11) is 0. The predicted octanol–water partition coefficient (Wildman–Crippen LogP) is 2.00. The van der Waals surface area contributed by atoms with Gasteiger partial charge in [0.25, 0.3) is 0 Å². The van der Waals surface area contributed by atoms with E-state index >= 15 is 0 Å². The van der Waals surface area contributed by atoms with Gasteiger partial charge in [-0.2, -0.15) is 0 Å². The second-order valence-corrected chi connectivity index (χ2v) is 4.50. The first-order chi connectivity index (χ1) is 7.59. The van der Waals surface area contributed by atoms with Crippen molar-refractivity contribution in [1.29, 1.82) is 0 Å². The Balaban J connectivity index is 2.43. The summed E-state index contributed by atoms with van der Waals surface area (Å²) in [5.74, 6) is 0. The maximum atomic E-state index is 10.4. The molecule has 1 aromatic rings. The smallest absolute Gasteiger partial charge is 0.208 e. The summed E-state index contributed by atoms with van der Waals surface area (Å²) in [6, 6.07) is 8.20. The molecule has 0 fully saturated rings. The van der Waals surface area contributed by atoms with E-state index in [1.165, 1.54) is 5.56 Å². The van der Waals surface area contributed by atoms with Gasteiger partial charge >= 0.3 is 0 Å². The van der Waals surface area contributed by atoms with Gasteiger partial charge in [-0.1, -0.05) is 38.6 Å². The fraction of sp³-hybridized carbons (Fsp3) is 0.308. The van der Waals surface area contributed by atoms with E-state index in [9.17, 15) is 4.79 Å². The summed E-state index contributed by atoms with van der Waals surface area (Å²) < 4.78 is 0. The van der Waals surface area contributed by atoms with Crippen molar-refractivity contribution in [2.24, 2.45) is 0 Å². The summed E-state index contributed by atoms with van der Waals surface area (Å²) in [6.07, 6.45) is 0.710. The van der Waals surface area contributed by atoms with Gasteiger partial charge in [0.05, 0.1) is 6.67 Å². The highest BCUT2D eigenvalue weighted by Gasteiger charge is 2.38. The van der Waals surface area contributed by atoms with Gasteiger partial charge in [0.15, 0.2) is 0 Å². The molecule has 1 amide bonds. The zero-order valence-electron chi connectivity index (χ0n) is 9.66. The third-order valence-corrected chi connectivity index (χ3v) is 3.25. The maximum absolute atomic E-state index is 10.4. The molecule has 0 atom stereocenters. The van der Waals surface area contributed by atoms with E-state index in [2.05, 4.69) is 37.9 Å². The molecular formula is C13H16N2O. The topological polar surface area (TPSA) is 32.3 Å². The number of benzene rings is 1. The van der Waals surface area contributed by atoms with Gasteiger partial charge in [0.2, 0.25) is 6.41 Å². The van der Waals surface area contributed by atoms with Crippen molar-refractivity contribution in [3.05, 3.63) is 42.1 Å². The molecule has 1 heterocycles. The molecule has 0 saturated carbocycles. The van der Waals surface area contributed by atoms with Crippen LogP contribution in [0.25, 0.3) is 0 Å². The first-order valence-electron chi connectivity index (χ1n) is 5.32. The third-order valence-electron chi connectivity index (χ3n) is 3.25. The fourth-order valence-corrected chi connectivity index (χ4v) is 2.18. The fourth-order valence-electron chi connectivity index (χ4n) is 2.18. The minimum atomic E-state index is -0.0683. The second-order valence-electron chi connectivity index (χ2n) is 4.50. The molecule has 1 aromatic carbocycles. The predicted molar refractivity (Wildman–Crippen MR) is 65.2 cm³/mol. The molecule has 16 heavy (non-hydrogen) atoms. The third kappa shape index (κ3) is 1.40. The molecule has 0 unspecified atom stereocenters. The van der Waals surface area contributed by atoms with Gasteiger partial charge in [-0.05, 0) is 11.6 Å². The van der Waals surface area contributed by atoms with Crippen LogP contribution in [0.3, 0.4) is 0 Å². The van der Waals surface area contributed by atoms with Crippen molar-refractivity contribution in [3.8, 4) is 0 Å². The number of rotatable bonds is 3. The number of fused-ring (bicyclic) bond motifs is 1. The molecule has 1 aliphatic heterocycles. The van der Waals surface area contributed by atoms with Gasteiger partial charge in [-0.25, -0.2) is 0 Å². The van der Waals surface area contributed by atoms with E-state index < -0.39 is 0 Å². The number of carbonyl (C=O) groups excluding carboxylic acids is 1. The van der Waals surface area contributed by atoms with E-state index in [4.69, 9.17) is 0 Å². The number of para-hydroxylation sites is 1. The average Bonchev–Trinajstić information content (AvgIpc) is 2.47. The van der Waals surface area contributed by atoms with Crippen molar-refractivity contribution in [2.45, 2.75) is 19.3 Å². The molecule has 0 saturated heterocycles. The number of hydrogen-bond acceptors (Lipinski definition) is 2. The van der Waals surface area contributed by atoms with Crippen molar-refractivity contribution >= 4 is 12.1 Å². The normalized spacial score (nSPS) is 17.1. The minimum Gasteiger partial charge on any atom is -0.341 e. The Morgan fingerprint density at radius 2 is 2.12 bits per heavy atom. The number of amides is 1. The van der Waals surface area contributed by atoms with Crippen LogP contribution in [0.2, 0.25) is 0 Å². The second kappa shape index (κ2) is 3.67. The Bertz CT molecular complexity index is 437. The number of carbonyl (C=O) groups is 1. The van der Waals surface area contributed by atoms with Crippen LogP contribution in [-0.4, -0.2) is 13.1 Å². The molecule has 84 valence electrons. The molecule has 0 spiro atoms. The molecule has 2 rings (SSSR count). The van der Waals surface area contributed by atoms with Gasteiger partial charge in [0, 0.05) is 16.8 Å². The van der Waals surface area contributed by atoms with Gasteiger partial charge in [-0.3, -0.25) is 4.79 Å². The number of hydrogen-bond donors (Lipinski definition) is 1. The Hall–Kier alpha value is -1.77. The quantitative estimate of drug-likeness (QED) is 0.784. The van der Waals surface area contributed by atoms with Crippen LogP contribution < -0.4 is 10.2 Å². The zero-order chi connectivity index (χ0) is 11.8. The number of anilines is 1. The Labute approximate surface area is 95.8 Å². The van der Waals surface area contributed by atoms with E-state index in [1.807, 2.05) is 17.0 Å². The number of nitrogens with one attached hydrogen (secondary N) is 1. The first-order valence-corrected chi connectivity index (χ1v) is 5.32. The lowest BCUT2D eigenvalue weighted by atomic mass is 9.85. The number of allylic oxidation sites excluding steroid dienone is 1. The van der Waals surface area contributed by atoms with Crippen LogP contribution >= 0.6 is 0 Å². The molecule has 3 nitrogen and oxygen atoms in total. The summed E-state index contributed by atoms with van der Waals surface area (Å²) in [5.41, 5.74) is 3.34. The van der Waals surface area contributed by atoms with Crippen LogP contribution in [0.1, 0.15) is 19.4 Å². The first kappa shape index (κ1) is 10.7. The molecule has 0 aromatic heterocycles. The average molecular weight is 216 g/mol. The Kier molecular flexibility index (Phi) is 2.46. The molecule has 0 bridgehead atoms. The summed E-state index contributed by atoms with van der Waals surface area (Å²) in [5, 5.41) is 2.68. The molecular weight excluding hydrogens is 200 g/mol. The maximum Gasteiger partial charge on any atom is 0.208 e. The molecule has 1 aliphatic rings. The van der Waals surface area contributed by atoms with Crippen molar-refractivity contribution in [3.63, 3.8) is 0 Å². The van der Waals surface area contributed by atoms with Crippen molar-refractivity contribution < 1.29 is 4.79 Å². The summed E-state index contributed by atoms with van der Waals surface area (Å²) >= 11 is 0. The van der Waals surface area contributed by atoms with Crippen molar-refractivity contribution in [2.75, 3.05) is 11.6 Å². The van der Waals surface area contributed by atoms with E-state index in [-0.39, 0.29) is 5.41 Å². The Morgan fingerprint density at radius 3 is 2.81 bits per heavy atom. The van der Waals surface area contributed by atoms with Crippen LogP contribution in [-0.2, 0) is 10.2 Å². The molecule has 0 aliphatic carbocycles. The van der Waals surface area contributed by atoms with Crippen LogP contribution in [0.5, 0.6) is 0 Å². The van der Waals surface area contributed by atoms with Crippen LogP contribution in [0, 0.1) is 0 Å². The minimum absolute atomic E-state index is 0.0683. The lowest BCUT2D eigenvalue weighted by Gasteiger charge is -2.25. The monoisotopic (exact) mass is 216 g/mol. The lowest BCUT2D eigenvalue weighted by molar-refractivity contribution is -0.109. The van der Waals surface area contributed by atoms with E-state index in [1.54, 1.807) is 0 Å². The van der Waals surface area contributed by atoms with E-state index in [0.717, 1.165) is 11.4 Å². The Morgan fingerprint density at radius 1 is 1.44 bits per heavy atom. The largest absolute Gasteiger partial charge is 0.341 e. The lowest BCUT2D eigenvalue weighted by Crippen LogP contribution is -2.33. The molecule has 3 heteroatoms. The van der Waals surface area contributed by atoms with E-state index in [0.29, 0.717) is 13.1 Å². The highest BCUT2D eigenvalue weighted by atomic mass is 16.1. The zero-order valence-corrected chi connectivity index (χ0v) is 9.66. The van der Waals surface area contributed by atoms with Gasteiger partial charge in [0.1, 0.15) is 0 Å². The van der Waals surface area contributed by atoms with Crippen LogP contribution in [0.4, 0.5) is 5.69 Å². The molecule has 1 N–H and O–H groups in total. The summed E-state index contributed by atoms with van der Waals surface area (Å²) in [4.78, 5) is 12.4. The molecule has 0 radical (unpaired) electrons. The van der Waals surface area contributed by atoms with Crippen molar-refractivity contribution in [1.82, 2.24) is 5.32 Å². The highest BCUT2D eigenvalue weighted by molar-refractivity contribution is 5.70.